The van der Waals surface area contributed by atoms with Crippen LogP contribution in [0.15, 0.2) is 54.6 Å². The largest absolute Gasteiger partial charge is 0.326 e. The lowest BCUT2D eigenvalue weighted by Crippen LogP contribution is -2.28. The Kier molecular flexibility index (Phi) is 6.39. The van der Waals surface area contributed by atoms with Crippen LogP contribution < -0.4 is 16.0 Å². The minimum absolute atomic E-state index is 0.0232. The van der Waals surface area contributed by atoms with Crippen molar-refractivity contribution in [1.82, 2.24) is 5.32 Å². The van der Waals surface area contributed by atoms with Gasteiger partial charge >= 0.3 is 0 Å². The van der Waals surface area contributed by atoms with Crippen molar-refractivity contribution in [3.63, 3.8) is 0 Å². The van der Waals surface area contributed by atoms with Crippen LogP contribution >= 0.6 is 0 Å². The van der Waals surface area contributed by atoms with Crippen molar-refractivity contribution in [1.29, 1.82) is 0 Å². The molecule has 1 aliphatic rings. The molecule has 2 aromatic rings. The Morgan fingerprint density at radius 3 is 2.35 bits per heavy atom. The van der Waals surface area contributed by atoms with E-state index in [2.05, 4.69) is 16.0 Å². The third-order valence-corrected chi connectivity index (χ3v) is 4.68. The highest BCUT2D eigenvalue weighted by molar-refractivity contribution is 6.04. The quantitative estimate of drug-likeness (QED) is 0.744. The highest BCUT2D eigenvalue weighted by atomic mass is 16.2. The number of anilines is 2. The molecule has 0 unspecified atom stereocenters. The molecular formula is C21H25N3O2. The molecule has 5 heteroatoms. The van der Waals surface area contributed by atoms with Gasteiger partial charge in [0, 0.05) is 23.4 Å². The highest BCUT2D eigenvalue weighted by Crippen LogP contribution is 2.20. The van der Waals surface area contributed by atoms with E-state index in [0.29, 0.717) is 29.3 Å². The number of amides is 2. The second-order valence-corrected chi connectivity index (χ2v) is 6.68. The molecule has 1 saturated heterocycles. The predicted octanol–water partition coefficient (Wildman–Crippen LogP) is 3.66. The van der Waals surface area contributed by atoms with Gasteiger partial charge in [-0.25, -0.2) is 0 Å². The van der Waals surface area contributed by atoms with E-state index in [1.54, 1.807) is 18.2 Å². The Morgan fingerprint density at radius 1 is 0.923 bits per heavy atom. The van der Waals surface area contributed by atoms with Crippen LogP contribution in [0.3, 0.4) is 0 Å². The fourth-order valence-corrected chi connectivity index (χ4v) is 3.20. The van der Waals surface area contributed by atoms with Crippen molar-refractivity contribution in [2.75, 3.05) is 23.7 Å². The van der Waals surface area contributed by atoms with Crippen LogP contribution in [0, 0.1) is 5.92 Å². The fourth-order valence-electron chi connectivity index (χ4n) is 3.20. The molecule has 0 spiro atoms. The molecule has 0 radical (unpaired) electrons. The summed E-state index contributed by atoms with van der Waals surface area (Å²) in [6.45, 7) is 2.10. The first kappa shape index (κ1) is 18.1. The number of hydrogen-bond acceptors (Lipinski definition) is 3. The number of hydrogen-bond donors (Lipinski definition) is 3. The van der Waals surface area contributed by atoms with Crippen LogP contribution in [0.25, 0.3) is 0 Å². The lowest BCUT2D eigenvalue weighted by Gasteiger charge is -2.22. The summed E-state index contributed by atoms with van der Waals surface area (Å²) < 4.78 is 0. The highest BCUT2D eigenvalue weighted by Gasteiger charge is 2.14. The smallest absolute Gasteiger partial charge is 0.255 e. The van der Waals surface area contributed by atoms with E-state index in [1.165, 1.54) is 0 Å². The molecule has 1 fully saturated rings. The van der Waals surface area contributed by atoms with Crippen LogP contribution in [0.2, 0.25) is 0 Å². The first-order valence-electron chi connectivity index (χ1n) is 9.18. The fraction of sp³-hybridized carbons (Fsp3) is 0.333. The van der Waals surface area contributed by atoms with Gasteiger partial charge in [-0.3, -0.25) is 9.59 Å². The van der Waals surface area contributed by atoms with E-state index in [9.17, 15) is 9.59 Å². The Labute approximate surface area is 154 Å². The molecule has 0 bridgehead atoms. The van der Waals surface area contributed by atoms with E-state index < -0.39 is 0 Å². The summed E-state index contributed by atoms with van der Waals surface area (Å²) >= 11 is 0. The molecule has 3 N–H and O–H groups in total. The number of nitrogens with one attached hydrogen (secondary N) is 3. The Balaban J connectivity index is 1.51. The zero-order valence-electron chi connectivity index (χ0n) is 14.8. The predicted molar refractivity (Wildman–Crippen MR) is 104 cm³/mol. The van der Waals surface area contributed by atoms with Crippen LogP contribution in [0.5, 0.6) is 0 Å². The third kappa shape index (κ3) is 5.43. The molecule has 0 atom stereocenters. The summed E-state index contributed by atoms with van der Waals surface area (Å²) in [4.78, 5) is 24.4. The van der Waals surface area contributed by atoms with E-state index in [0.717, 1.165) is 32.4 Å². The van der Waals surface area contributed by atoms with Crippen molar-refractivity contribution in [2.45, 2.75) is 25.7 Å². The van der Waals surface area contributed by atoms with E-state index >= 15 is 0 Å². The summed E-state index contributed by atoms with van der Waals surface area (Å²) in [7, 11) is 0. The normalized spacial score (nSPS) is 14.6. The number of carbonyl (C=O) groups excluding carboxylic acids is 2. The molecule has 2 aromatic carbocycles. The third-order valence-electron chi connectivity index (χ3n) is 4.68. The van der Waals surface area contributed by atoms with E-state index in [4.69, 9.17) is 0 Å². The standard InChI is InChI=1S/C21H25N3O2/c25-20(10-9-16-11-13-22-14-12-16)23-18-7-4-8-19(15-18)24-21(26)17-5-2-1-3-6-17/h1-8,15-16,22H,9-14H2,(H,23,25)(H,24,26). The average molecular weight is 351 g/mol. The molecule has 0 aromatic heterocycles. The zero-order chi connectivity index (χ0) is 18.2. The van der Waals surface area contributed by atoms with Crippen molar-refractivity contribution in [3.05, 3.63) is 60.2 Å². The van der Waals surface area contributed by atoms with E-state index in [-0.39, 0.29) is 11.8 Å². The van der Waals surface area contributed by atoms with Gasteiger partial charge in [0.1, 0.15) is 0 Å². The van der Waals surface area contributed by atoms with Gasteiger partial charge in [0.25, 0.3) is 5.91 Å². The molecule has 1 heterocycles. The molecule has 1 aliphatic heterocycles. The lowest BCUT2D eigenvalue weighted by molar-refractivity contribution is -0.116. The van der Waals surface area contributed by atoms with Gasteiger partial charge in [0.05, 0.1) is 0 Å². The topological polar surface area (TPSA) is 70.2 Å². The monoisotopic (exact) mass is 351 g/mol. The Morgan fingerprint density at radius 2 is 1.62 bits per heavy atom. The van der Waals surface area contributed by atoms with Gasteiger partial charge in [0.15, 0.2) is 0 Å². The van der Waals surface area contributed by atoms with Gasteiger partial charge in [-0.05, 0) is 68.6 Å². The maximum atomic E-state index is 12.2. The summed E-state index contributed by atoms with van der Waals surface area (Å²) in [6.07, 6.45) is 3.76. The molecule has 26 heavy (non-hydrogen) atoms. The number of piperidine rings is 1. The van der Waals surface area contributed by atoms with E-state index in [1.807, 2.05) is 36.4 Å². The van der Waals surface area contributed by atoms with Gasteiger partial charge in [0.2, 0.25) is 5.91 Å². The Bertz CT molecular complexity index is 740. The number of rotatable bonds is 6. The lowest BCUT2D eigenvalue weighted by atomic mass is 9.93. The van der Waals surface area contributed by atoms with Crippen LogP contribution in [-0.4, -0.2) is 24.9 Å². The molecule has 3 rings (SSSR count). The van der Waals surface area contributed by atoms with Crippen LogP contribution in [0.1, 0.15) is 36.0 Å². The van der Waals surface area contributed by atoms with Crippen molar-refractivity contribution in [3.8, 4) is 0 Å². The molecular weight excluding hydrogens is 326 g/mol. The van der Waals surface area contributed by atoms with Crippen molar-refractivity contribution in [2.24, 2.45) is 5.92 Å². The first-order valence-corrected chi connectivity index (χ1v) is 9.18. The summed E-state index contributed by atoms with van der Waals surface area (Å²) in [5.41, 5.74) is 1.96. The minimum atomic E-state index is -0.167. The average Bonchev–Trinajstić information content (AvgIpc) is 2.68. The molecule has 0 saturated carbocycles. The number of benzene rings is 2. The van der Waals surface area contributed by atoms with Crippen molar-refractivity contribution >= 4 is 23.2 Å². The molecule has 2 amide bonds. The zero-order valence-corrected chi connectivity index (χ0v) is 14.8. The SMILES string of the molecule is O=C(CCC1CCNCC1)Nc1cccc(NC(=O)c2ccccc2)c1. The molecule has 5 nitrogen and oxygen atoms in total. The Hall–Kier alpha value is -2.66. The second kappa shape index (κ2) is 9.15. The molecule has 136 valence electrons. The van der Waals surface area contributed by atoms with Crippen molar-refractivity contribution < 1.29 is 9.59 Å². The van der Waals surface area contributed by atoms with Gasteiger partial charge in [-0.15, -0.1) is 0 Å². The number of carbonyl (C=O) groups is 2. The maximum absolute atomic E-state index is 12.2. The molecule has 0 aliphatic carbocycles. The second-order valence-electron chi connectivity index (χ2n) is 6.68. The summed E-state index contributed by atoms with van der Waals surface area (Å²) in [5.74, 6) is 0.494. The minimum Gasteiger partial charge on any atom is -0.326 e. The summed E-state index contributed by atoms with van der Waals surface area (Å²) in [6, 6.07) is 16.3. The van der Waals surface area contributed by atoms with Gasteiger partial charge in [-0.2, -0.15) is 0 Å². The van der Waals surface area contributed by atoms with Crippen LogP contribution in [0.4, 0.5) is 11.4 Å². The van der Waals surface area contributed by atoms with Gasteiger partial charge < -0.3 is 16.0 Å². The van der Waals surface area contributed by atoms with Gasteiger partial charge in [-0.1, -0.05) is 24.3 Å². The summed E-state index contributed by atoms with van der Waals surface area (Å²) in [5, 5.41) is 9.13. The maximum Gasteiger partial charge on any atom is 0.255 e. The van der Waals surface area contributed by atoms with Crippen LogP contribution in [-0.2, 0) is 4.79 Å². The first-order chi connectivity index (χ1) is 12.7.